The number of aliphatic imine (C=N–C) groups is 1. The van der Waals surface area contributed by atoms with Gasteiger partial charge in [-0.1, -0.05) is 25.1 Å². The van der Waals surface area contributed by atoms with Crippen molar-refractivity contribution >= 4 is 29.9 Å². The molecule has 1 aromatic carbocycles. The van der Waals surface area contributed by atoms with Crippen LogP contribution in [0.5, 0.6) is 5.75 Å². The molecule has 2 rings (SSSR count). The predicted molar refractivity (Wildman–Crippen MR) is 116 cm³/mol. The number of nitrogens with zero attached hydrogens (tertiary/aromatic N) is 2. The number of likely N-dealkylation sites (tertiary alicyclic amines) is 1. The van der Waals surface area contributed by atoms with Gasteiger partial charge in [0.1, 0.15) is 5.75 Å². The topological polar surface area (TPSA) is 48.9 Å². The molecule has 1 heterocycles. The molecule has 0 aliphatic carbocycles. The van der Waals surface area contributed by atoms with Crippen molar-refractivity contribution in [3.8, 4) is 5.75 Å². The van der Waals surface area contributed by atoms with Crippen molar-refractivity contribution in [2.75, 3.05) is 39.8 Å². The molecule has 25 heavy (non-hydrogen) atoms. The van der Waals surface area contributed by atoms with Crippen LogP contribution in [0.4, 0.5) is 0 Å². The molecule has 0 radical (unpaired) electrons. The Morgan fingerprint density at radius 2 is 2.12 bits per heavy atom. The third-order valence-electron chi connectivity index (χ3n) is 4.41. The lowest BCUT2D eigenvalue weighted by Crippen LogP contribution is -2.43. The lowest BCUT2D eigenvalue weighted by molar-refractivity contribution is 0.187. The van der Waals surface area contributed by atoms with Crippen LogP contribution in [0, 0.1) is 5.92 Å². The Kier molecular flexibility index (Phi) is 10.9. The number of halogens is 1. The van der Waals surface area contributed by atoms with Gasteiger partial charge in [-0.15, -0.1) is 24.0 Å². The van der Waals surface area contributed by atoms with Crippen molar-refractivity contribution in [3.05, 3.63) is 29.8 Å². The molecule has 0 spiro atoms. The summed E-state index contributed by atoms with van der Waals surface area (Å²) in [5, 5.41) is 6.76. The van der Waals surface area contributed by atoms with Gasteiger partial charge in [0, 0.05) is 31.7 Å². The lowest BCUT2D eigenvalue weighted by atomic mass is 10.0. The molecule has 0 bridgehead atoms. The summed E-state index contributed by atoms with van der Waals surface area (Å²) in [5.74, 6) is 2.58. The quantitative estimate of drug-likeness (QED) is 0.373. The smallest absolute Gasteiger partial charge is 0.191 e. The Morgan fingerprint density at radius 1 is 1.32 bits per heavy atom. The standard InChI is InChI=1S/C19H32N4O.HI/c1-4-20-19(21-11-13-23-12-7-8-16(2)15-23)22-14-17-9-5-6-10-18(17)24-3;/h5-6,9-10,16H,4,7-8,11-15H2,1-3H3,(H2,20,21,22);1H. The number of hydrogen-bond acceptors (Lipinski definition) is 3. The monoisotopic (exact) mass is 460 g/mol. The summed E-state index contributed by atoms with van der Waals surface area (Å²) in [4.78, 5) is 7.23. The van der Waals surface area contributed by atoms with Crippen LogP contribution in [0.25, 0.3) is 0 Å². The molecule has 1 aliphatic heterocycles. The fourth-order valence-corrected chi connectivity index (χ4v) is 3.16. The fraction of sp³-hybridized carbons (Fsp3) is 0.632. The Labute approximate surface area is 169 Å². The van der Waals surface area contributed by atoms with Gasteiger partial charge in [0.2, 0.25) is 0 Å². The largest absolute Gasteiger partial charge is 0.496 e. The van der Waals surface area contributed by atoms with Crippen LogP contribution in [0.1, 0.15) is 32.3 Å². The molecule has 1 aliphatic rings. The molecule has 2 N–H and O–H groups in total. The van der Waals surface area contributed by atoms with Crippen LogP contribution in [0.3, 0.4) is 0 Å². The third kappa shape index (κ3) is 7.81. The van der Waals surface area contributed by atoms with E-state index in [0.717, 1.165) is 42.8 Å². The number of methoxy groups -OCH3 is 1. The third-order valence-corrected chi connectivity index (χ3v) is 4.41. The van der Waals surface area contributed by atoms with E-state index in [9.17, 15) is 0 Å². The second-order valence-corrected chi connectivity index (χ2v) is 6.48. The Morgan fingerprint density at radius 3 is 2.84 bits per heavy atom. The van der Waals surface area contributed by atoms with E-state index in [1.165, 1.54) is 25.9 Å². The van der Waals surface area contributed by atoms with Gasteiger partial charge in [0.15, 0.2) is 5.96 Å². The number of nitrogens with one attached hydrogen (secondary N) is 2. The van der Waals surface area contributed by atoms with E-state index >= 15 is 0 Å². The van der Waals surface area contributed by atoms with Gasteiger partial charge in [0.25, 0.3) is 0 Å². The van der Waals surface area contributed by atoms with Crippen molar-refractivity contribution in [2.24, 2.45) is 10.9 Å². The zero-order valence-electron chi connectivity index (χ0n) is 15.8. The van der Waals surface area contributed by atoms with E-state index in [2.05, 4.69) is 40.4 Å². The first-order valence-electron chi connectivity index (χ1n) is 9.09. The maximum absolute atomic E-state index is 5.39. The second-order valence-electron chi connectivity index (χ2n) is 6.48. The highest BCUT2D eigenvalue weighted by atomic mass is 127. The second kappa shape index (κ2) is 12.4. The number of piperidine rings is 1. The minimum atomic E-state index is 0. The summed E-state index contributed by atoms with van der Waals surface area (Å²) in [6.45, 7) is 10.3. The van der Waals surface area contributed by atoms with E-state index in [4.69, 9.17) is 4.74 Å². The van der Waals surface area contributed by atoms with Gasteiger partial charge in [-0.2, -0.15) is 0 Å². The maximum atomic E-state index is 5.39. The fourth-order valence-electron chi connectivity index (χ4n) is 3.16. The predicted octanol–water partition coefficient (Wildman–Crippen LogP) is 3.10. The van der Waals surface area contributed by atoms with E-state index < -0.39 is 0 Å². The summed E-state index contributed by atoms with van der Waals surface area (Å²) >= 11 is 0. The van der Waals surface area contributed by atoms with Crippen LogP contribution < -0.4 is 15.4 Å². The molecule has 5 nitrogen and oxygen atoms in total. The van der Waals surface area contributed by atoms with Crippen molar-refractivity contribution in [3.63, 3.8) is 0 Å². The molecule has 142 valence electrons. The summed E-state index contributed by atoms with van der Waals surface area (Å²) in [7, 11) is 1.70. The number of benzene rings is 1. The number of rotatable bonds is 7. The zero-order valence-corrected chi connectivity index (χ0v) is 18.1. The normalized spacial score (nSPS) is 18.4. The molecule has 0 saturated carbocycles. The molecule has 1 aromatic rings. The van der Waals surface area contributed by atoms with Gasteiger partial charge >= 0.3 is 0 Å². The van der Waals surface area contributed by atoms with Gasteiger partial charge in [0.05, 0.1) is 13.7 Å². The summed E-state index contributed by atoms with van der Waals surface area (Å²) in [6.07, 6.45) is 2.69. The van der Waals surface area contributed by atoms with Crippen LogP contribution in [0.2, 0.25) is 0 Å². The van der Waals surface area contributed by atoms with Crippen LogP contribution in [0.15, 0.2) is 29.3 Å². The van der Waals surface area contributed by atoms with E-state index in [1.54, 1.807) is 7.11 Å². The Balaban J connectivity index is 0.00000312. The SMILES string of the molecule is CCNC(=NCc1ccccc1OC)NCCN1CCCC(C)C1.I. The first-order valence-corrected chi connectivity index (χ1v) is 9.09. The molecule has 1 atom stereocenters. The summed E-state index contributed by atoms with van der Waals surface area (Å²) in [5.41, 5.74) is 1.10. The molecule has 0 aromatic heterocycles. The molecular formula is C19H33IN4O. The summed E-state index contributed by atoms with van der Waals surface area (Å²) in [6, 6.07) is 8.03. The zero-order chi connectivity index (χ0) is 17.2. The molecule has 6 heteroatoms. The Bertz CT molecular complexity index is 524. The van der Waals surface area contributed by atoms with Crippen molar-refractivity contribution in [1.29, 1.82) is 0 Å². The van der Waals surface area contributed by atoms with E-state index in [-0.39, 0.29) is 24.0 Å². The first-order chi connectivity index (χ1) is 11.7. The number of ether oxygens (including phenoxy) is 1. The van der Waals surface area contributed by atoms with Crippen molar-refractivity contribution in [1.82, 2.24) is 15.5 Å². The average molecular weight is 460 g/mol. The Hall–Kier alpha value is -1.02. The van der Waals surface area contributed by atoms with E-state index in [1.807, 2.05) is 18.2 Å². The number of hydrogen-bond donors (Lipinski definition) is 2. The lowest BCUT2D eigenvalue weighted by Gasteiger charge is -2.30. The number of para-hydroxylation sites is 1. The van der Waals surface area contributed by atoms with Gasteiger partial charge in [-0.3, -0.25) is 0 Å². The molecule has 0 amide bonds. The van der Waals surface area contributed by atoms with Gasteiger partial charge in [-0.05, 0) is 38.3 Å². The highest BCUT2D eigenvalue weighted by Gasteiger charge is 2.15. The van der Waals surface area contributed by atoms with Crippen LogP contribution in [-0.2, 0) is 6.54 Å². The van der Waals surface area contributed by atoms with Gasteiger partial charge in [-0.25, -0.2) is 4.99 Å². The highest BCUT2D eigenvalue weighted by molar-refractivity contribution is 14.0. The summed E-state index contributed by atoms with van der Waals surface area (Å²) < 4.78 is 5.39. The molecule has 1 saturated heterocycles. The molecule has 1 unspecified atom stereocenters. The molecule has 1 fully saturated rings. The van der Waals surface area contributed by atoms with Crippen LogP contribution >= 0.6 is 24.0 Å². The van der Waals surface area contributed by atoms with Crippen molar-refractivity contribution < 1.29 is 4.74 Å². The minimum Gasteiger partial charge on any atom is -0.496 e. The maximum Gasteiger partial charge on any atom is 0.191 e. The highest BCUT2D eigenvalue weighted by Crippen LogP contribution is 2.18. The average Bonchev–Trinajstić information content (AvgIpc) is 2.60. The minimum absolute atomic E-state index is 0. The first kappa shape index (κ1) is 22.0. The van der Waals surface area contributed by atoms with Gasteiger partial charge < -0.3 is 20.3 Å². The van der Waals surface area contributed by atoms with Crippen molar-refractivity contribution in [2.45, 2.75) is 33.2 Å². The molecular weight excluding hydrogens is 427 g/mol. The van der Waals surface area contributed by atoms with E-state index in [0.29, 0.717) is 6.54 Å². The van der Waals surface area contributed by atoms with Crippen LogP contribution in [-0.4, -0.2) is 50.7 Å². The number of guanidine groups is 1.